The maximum atomic E-state index is 12.6. The van der Waals surface area contributed by atoms with Crippen molar-refractivity contribution in [3.05, 3.63) is 50.3 Å². The normalized spacial score (nSPS) is 11.5. The Balaban J connectivity index is 1.61. The molecular weight excluding hydrogens is 374 g/mol. The summed E-state index contributed by atoms with van der Waals surface area (Å²) in [7, 11) is 1.77. The van der Waals surface area contributed by atoms with Crippen molar-refractivity contribution in [3.8, 4) is 10.8 Å². The van der Waals surface area contributed by atoms with Gasteiger partial charge in [0.05, 0.1) is 16.0 Å². The summed E-state index contributed by atoms with van der Waals surface area (Å²) < 4.78 is 7.16. The van der Waals surface area contributed by atoms with Crippen LogP contribution in [0.1, 0.15) is 16.1 Å². The number of hydrogen-bond acceptors (Lipinski definition) is 7. The fraction of sp³-hybridized carbons (Fsp3) is 0.235. The third-order valence-corrected chi connectivity index (χ3v) is 7.02. The summed E-state index contributed by atoms with van der Waals surface area (Å²) in [6.45, 7) is 4.00. The van der Waals surface area contributed by atoms with E-state index in [0.717, 1.165) is 31.2 Å². The molecule has 4 aromatic rings. The van der Waals surface area contributed by atoms with E-state index in [4.69, 9.17) is 4.42 Å². The summed E-state index contributed by atoms with van der Waals surface area (Å²) in [5.41, 5.74) is 1.87. The Kier molecular flexibility index (Phi) is 4.26. The van der Waals surface area contributed by atoms with Gasteiger partial charge in [-0.1, -0.05) is 17.8 Å². The van der Waals surface area contributed by atoms with Gasteiger partial charge in [-0.3, -0.25) is 9.36 Å². The quantitative estimate of drug-likeness (QED) is 0.376. The van der Waals surface area contributed by atoms with Gasteiger partial charge >= 0.3 is 0 Å². The van der Waals surface area contributed by atoms with Crippen molar-refractivity contribution >= 4 is 44.7 Å². The van der Waals surface area contributed by atoms with E-state index in [-0.39, 0.29) is 5.56 Å². The highest BCUT2D eigenvalue weighted by Crippen LogP contribution is 2.30. The van der Waals surface area contributed by atoms with Gasteiger partial charge in [-0.2, -0.15) is 0 Å². The van der Waals surface area contributed by atoms with Crippen LogP contribution >= 0.6 is 34.4 Å². The number of fused-ring (bicyclic) bond motifs is 1. The van der Waals surface area contributed by atoms with Gasteiger partial charge in [-0.25, -0.2) is 9.97 Å². The van der Waals surface area contributed by atoms with Crippen LogP contribution < -0.4 is 5.56 Å². The molecular formula is C17H15N3O2S3. The van der Waals surface area contributed by atoms with Gasteiger partial charge in [0, 0.05) is 17.7 Å². The van der Waals surface area contributed by atoms with E-state index in [0.29, 0.717) is 16.8 Å². The number of nitrogens with zero attached hydrogens (tertiary/aromatic N) is 3. The smallest absolute Gasteiger partial charge is 0.262 e. The monoisotopic (exact) mass is 389 g/mol. The van der Waals surface area contributed by atoms with Crippen LogP contribution in [0.2, 0.25) is 0 Å². The first-order valence-electron chi connectivity index (χ1n) is 7.62. The summed E-state index contributed by atoms with van der Waals surface area (Å²) in [6.07, 6.45) is 1.66. The van der Waals surface area contributed by atoms with E-state index in [1.165, 1.54) is 11.8 Å². The number of rotatable bonds is 4. The van der Waals surface area contributed by atoms with E-state index < -0.39 is 0 Å². The number of thioether (sulfide) groups is 1. The number of aryl methyl sites for hydroxylation is 2. The van der Waals surface area contributed by atoms with Crippen molar-refractivity contribution in [2.45, 2.75) is 24.8 Å². The molecule has 0 spiro atoms. The molecule has 0 atom stereocenters. The van der Waals surface area contributed by atoms with Crippen LogP contribution in [-0.2, 0) is 12.8 Å². The lowest BCUT2D eigenvalue weighted by Crippen LogP contribution is -2.19. The zero-order valence-corrected chi connectivity index (χ0v) is 16.3. The summed E-state index contributed by atoms with van der Waals surface area (Å²) in [6, 6.07) is 3.95. The second-order valence-electron chi connectivity index (χ2n) is 5.63. The first-order valence-corrected chi connectivity index (χ1v) is 10.3. The van der Waals surface area contributed by atoms with E-state index in [1.807, 2.05) is 31.4 Å². The summed E-state index contributed by atoms with van der Waals surface area (Å²) in [5, 5.41) is 3.42. The number of oxazole rings is 1. The fourth-order valence-electron chi connectivity index (χ4n) is 2.51. The van der Waals surface area contributed by atoms with Gasteiger partial charge in [0.25, 0.3) is 5.56 Å². The molecule has 4 heterocycles. The highest BCUT2D eigenvalue weighted by atomic mass is 32.2. The van der Waals surface area contributed by atoms with Gasteiger partial charge in [0.15, 0.2) is 5.16 Å². The number of aromatic nitrogens is 3. The summed E-state index contributed by atoms with van der Waals surface area (Å²) in [4.78, 5) is 24.8. The predicted octanol–water partition coefficient (Wildman–Crippen LogP) is 4.62. The zero-order valence-electron chi connectivity index (χ0n) is 13.9. The average molecular weight is 390 g/mol. The van der Waals surface area contributed by atoms with Crippen LogP contribution in [-0.4, -0.2) is 14.5 Å². The minimum Gasteiger partial charge on any atom is -0.444 e. The van der Waals surface area contributed by atoms with Crippen LogP contribution in [0.4, 0.5) is 0 Å². The molecule has 0 aliphatic heterocycles. The lowest BCUT2D eigenvalue weighted by molar-refractivity contribution is 0.575. The Hall–Kier alpha value is -1.90. The first kappa shape index (κ1) is 16.6. The minimum atomic E-state index is 0.00813. The molecule has 0 saturated heterocycles. The van der Waals surface area contributed by atoms with Crippen LogP contribution in [0.25, 0.3) is 21.0 Å². The second-order valence-corrected chi connectivity index (χ2v) is 8.73. The van der Waals surface area contributed by atoms with Crippen molar-refractivity contribution in [1.82, 2.24) is 14.5 Å². The first-order chi connectivity index (χ1) is 12.0. The minimum absolute atomic E-state index is 0.00813. The van der Waals surface area contributed by atoms with Gasteiger partial charge in [0.2, 0.25) is 5.89 Å². The Bertz CT molecular complexity index is 1110. The van der Waals surface area contributed by atoms with Gasteiger partial charge < -0.3 is 4.42 Å². The second kappa shape index (κ2) is 6.44. The molecule has 5 nitrogen and oxygen atoms in total. The molecule has 0 aliphatic rings. The number of hydrogen-bond donors (Lipinski definition) is 0. The van der Waals surface area contributed by atoms with Crippen LogP contribution in [0.15, 0.2) is 38.1 Å². The Morgan fingerprint density at radius 2 is 2.16 bits per heavy atom. The maximum absolute atomic E-state index is 12.6. The van der Waals surface area contributed by atoms with Crippen molar-refractivity contribution in [1.29, 1.82) is 0 Å². The highest BCUT2D eigenvalue weighted by molar-refractivity contribution is 7.98. The molecule has 0 saturated carbocycles. The predicted molar refractivity (Wildman–Crippen MR) is 104 cm³/mol. The van der Waals surface area contributed by atoms with Crippen LogP contribution in [0.3, 0.4) is 0 Å². The average Bonchev–Trinajstić information content (AvgIpc) is 3.31. The van der Waals surface area contributed by atoms with Crippen molar-refractivity contribution < 1.29 is 4.42 Å². The number of thiophene rings is 2. The third-order valence-electron chi connectivity index (χ3n) is 4.00. The van der Waals surface area contributed by atoms with Gasteiger partial charge in [0.1, 0.15) is 11.1 Å². The SMILES string of the molecule is Cc1sc2nc(SCc3coc(-c4cccs4)n3)n(C)c(=O)c2c1C. The topological polar surface area (TPSA) is 60.9 Å². The third kappa shape index (κ3) is 2.94. The van der Waals surface area contributed by atoms with E-state index in [2.05, 4.69) is 9.97 Å². The van der Waals surface area contributed by atoms with Crippen molar-refractivity contribution in [2.24, 2.45) is 7.05 Å². The van der Waals surface area contributed by atoms with Gasteiger partial charge in [-0.05, 0) is 30.9 Å². The van der Waals surface area contributed by atoms with E-state index in [9.17, 15) is 4.79 Å². The molecule has 4 rings (SSSR count). The molecule has 8 heteroatoms. The van der Waals surface area contributed by atoms with Crippen LogP contribution in [0, 0.1) is 13.8 Å². The lowest BCUT2D eigenvalue weighted by Gasteiger charge is -2.06. The van der Waals surface area contributed by atoms with Crippen LogP contribution in [0.5, 0.6) is 0 Å². The largest absolute Gasteiger partial charge is 0.444 e. The molecule has 0 fully saturated rings. The Labute approximate surface area is 156 Å². The zero-order chi connectivity index (χ0) is 17.6. The molecule has 0 radical (unpaired) electrons. The summed E-state index contributed by atoms with van der Waals surface area (Å²) >= 11 is 4.66. The maximum Gasteiger partial charge on any atom is 0.262 e. The van der Waals surface area contributed by atoms with E-state index in [1.54, 1.807) is 40.6 Å². The standard InChI is InChI=1S/C17H15N3O2S3/c1-9-10(2)25-15-13(9)16(21)20(3)17(19-15)24-8-11-7-22-14(18-11)12-5-4-6-23-12/h4-7H,8H2,1-3H3. The Morgan fingerprint density at radius 3 is 2.92 bits per heavy atom. The van der Waals surface area contributed by atoms with Crippen molar-refractivity contribution in [3.63, 3.8) is 0 Å². The van der Waals surface area contributed by atoms with E-state index >= 15 is 0 Å². The molecule has 0 N–H and O–H groups in total. The highest BCUT2D eigenvalue weighted by Gasteiger charge is 2.15. The lowest BCUT2D eigenvalue weighted by atomic mass is 10.2. The van der Waals surface area contributed by atoms with Gasteiger partial charge in [-0.15, -0.1) is 22.7 Å². The Morgan fingerprint density at radius 1 is 1.32 bits per heavy atom. The molecule has 0 bridgehead atoms. The summed E-state index contributed by atoms with van der Waals surface area (Å²) in [5.74, 6) is 1.23. The molecule has 128 valence electrons. The molecule has 0 aliphatic carbocycles. The molecule has 4 aromatic heterocycles. The fourth-order valence-corrected chi connectivity index (χ4v) is 5.09. The molecule has 25 heavy (non-hydrogen) atoms. The molecule has 0 unspecified atom stereocenters. The molecule has 0 amide bonds. The van der Waals surface area contributed by atoms with Crippen molar-refractivity contribution in [2.75, 3.05) is 0 Å². The molecule has 0 aromatic carbocycles.